The molecule has 3 rings (SSSR count). The first kappa shape index (κ1) is 16.1. The monoisotopic (exact) mass is 318 g/mol. The van der Waals surface area contributed by atoms with Crippen LogP contribution < -0.4 is 15.4 Å². The fourth-order valence-electron chi connectivity index (χ4n) is 3.63. The van der Waals surface area contributed by atoms with Crippen molar-refractivity contribution in [1.82, 2.24) is 10.6 Å². The molecule has 3 N–H and O–H groups in total. The molecular formula is C18H26N2O3. The number of benzene rings is 1. The first-order valence-electron chi connectivity index (χ1n) is 8.57. The lowest BCUT2D eigenvalue weighted by atomic mass is 9.86. The highest BCUT2D eigenvalue weighted by atomic mass is 16.5. The summed E-state index contributed by atoms with van der Waals surface area (Å²) < 4.78 is 5.69. The highest BCUT2D eigenvalue weighted by molar-refractivity contribution is 5.74. The van der Waals surface area contributed by atoms with E-state index in [9.17, 15) is 4.79 Å². The maximum atomic E-state index is 12.2. The normalized spacial score (nSPS) is 27.7. The zero-order valence-electron chi connectivity index (χ0n) is 13.6. The highest BCUT2D eigenvalue weighted by Crippen LogP contribution is 2.35. The number of amides is 2. The van der Waals surface area contributed by atoms with Crippen LogP contribution in [0, 0.1) is 5.92 Å². The van der Waals surface area contributed by atoms with Crippen LogP contribution in [0.15, 0.2) is 24.3 Å². The summed E-state index contributed by atoms with van der Waals surface area (Å²) >= 11 is 0. The maximum absolute atomic E-state index is 12.2. The van der Waals surface area contributed by atoms with Gasteiger partial charge in [0.25, 0.3) is 0 Å². The maximum Gasteiger partial charge on any atom is 0.315 e. The first-order valence-corrected chi connectivity index (χ1v) is 8.57. The molecule has 5 heteroatoms. The van der Waals surface area contributed by atoms with Gasteiger partial charge < -0.3 is 20.5 Å². The SMILES string of the molecule is CC(NC(=O)NC1CCC(CO)CC1)C1COc2ccccc21. The van der Waals surface area contributed by atoms with E-state index < -0.39 is 0 Å². The molecule has 2 atom stereocenters. The van der Waals surface area contributed by atoms with Crippen LogP contribution in [0.25, 0.3) is 0 Å². The number of nitrogens with one attached hydrogen (secondary N) is 2. The lowest BCUT2D eigenvalue weighted by Gasteiger charge is -2.29. The van der Waals surface area contributed by atoms with Crippen molar-refractivity contribution in [1.29, 1.82) is 0 Å². The van der Waals surface area contributed by atoms with E-state index >= 15 is 0 Å². The molecule has 1 heterocycles. The highest BCUT2D eigenvalue weighted by Gasteiger charge is 2.30. The molecule has 1 aliphatic heterocycles. The number of ether oxygens (including phenoxy) is 1. The molecule has 23 heavy (non-hydrogen) atoms. The van der Waals surface area contributed by atoms with Gasteiger partial charge in [-0.25, -0.2) is 4.79 Å². The molecule has 0 aromatic heterocycles. The number of fused-ring (bicyclic) bond motifs is 1. The number of rotatable bonds is 4. The number of aliphatic hydroxyl groups excluding tert-OH is 1. The second-order valence-electron chi connectivity index (χ2n) is 6.76. The number of para-hydroxylation sites is 1. The summed E-state index contributed by atoms with van der Waals surface area (Å²) in [6.07, 6.45) is 3.87. The number of hydrogen-bond acceptors (Lipinski definition) is 3. The van der Waals surface area contributed by atoms with Gasteiger partial charge >= 0.3 is 6.03 Å². The molecule has 2 aliphatic rings. The van der Waals surface area contributed by atoms with Crippen molar-refractivity contribution >= 4 is 6.03 Å². The van der Waals surface area contributed by atoms with Crippen LogP contribution in [0.3, 0.4) is 0 Å². The van der Waals surface area contributed by atoms with Crippen molar-refractivity contribution in [2.75, 3.05) is 13.2 Å². The fraction of sp³-hybridized carbons (Fsp3) is 0.611. The topological polar surface area (TPSA) is 70.6 Å². The van der Waals surface area contributed by atoms with E-state index in [2.05, 4.69) is 16.7 Å². The number of carbonyl (C=O) groups is 1. The van der Waals surface area contributed by atoms with E-state index in [1.54, 1.807) is 0 Å². The zero-order valence-corrected chi connectivity index (χ0v) is 13.6. The summed E-state index contributed by atoms with van der Waals surface area (Å²) in [6.45, 7) is 2.90. The summed E-state index contributed by atoms with van der Waals surface area (Å²) in [5.74, 6) is 1.53. The Hall–Kier alpha value is -1.75. The average Bonchev–Trinajstić information content (AvgIpc) is 2.99. The molecule has 1 aromatic rings. The molecule has 2 unspecified atom stereocenters. The van der Waals surface area contributed by atoms with Crippen LogP contribution in [-0.2, 0) is 0 Å². The number of urea groups is 1. The Morgan fingerprint density at radius 3 is 2.78 bits per heavy atom. The molecule has 0 bridgehead atoms. The molecule has 126 valence electrons. The minimum atomic E-state index is -0.102. The van der Waals surface area contributed by atoms with E-state index in [0.717, 1.165) is 31.4 Å². The van der Waals surface area contributed by atoms with Crippen LogP contribution in [0.5, 0.6) is 5.75 Å². The standard InChI is InChI=1S/C18H26N2O3/c1-12(16-11-23-17-5-3-2-4-15(16)17)19-18(22)20-14-8-6-13(10-21)7-9-14/h2-5,12-14,16,21H,6-11H2,1H3,(H2,19,20,22). The van der Waals surface area contributed by atoms with Crippen molar-refractivity contribution in [2.45, 2.75) is 50.6 Å². The molecule has 1 fully saturated rings. The molecule has 5 nitrogen and oxygen atoms in total. The van der Waals surface area contributed by atoms with E-state index in [1.165, 1.54) is 5.56 Å². The van der Waals surface area contributed by atoms with Gasteiger partial charge in [0, 0.05) is 30.2 Å². The summed E-state index contributed by atoms with van der Waals surface area (Å²) in [6, 6.07) is 8.15. The van der Waals surface area contributed by atoms with Crippen molar-refractivity contribution in [3.05, 3.63) is 29.8 Å². The van der Waals surface area contributed by atoms with Crippen molar-refractivity contribution in [3.63, 3.8) is 0 Å². The Balaban J connectivity index is 1.49. The van der Waals surface area contributed by atoms with Gasteiger partial charge in [-0.2, -0.15) is 0 Å². The summed E-state index contributed by atoms with van der Waals surface area (Å²) in [5.41, 5.74) is 1.17. The number of hydrogen-bond donors (Lipinski definition) is 3. The van der Waals surface area contributed by atoms with Gasteiger partial charge in [-0.3, -0.25) is 0 Å². The molecule has 1 aromatic carbocycles. The Morgan fingerprint density at radius 1 is 1.30 bits per heavy atom. The third-order valence-electron chi connectivity index (χ3n) is 5.14. The predicted molar refractivity (Wildman–Crippen MR) is 88.6 cm³/mol. The van der Waals surface area contributed by atoms with Crippen molar-refractivity contribution < 1.29 is 14.6 Å². The van der Waals surface area contributed by atoms with E-state index in [0.29, 0.717) is 12.5 Å². The fourth-order valence-corrected chi connectivity index (χ4v) is 3.63. The molecule has 0 radical (unpaired) electrons. The minimum Gasteiger partial charge on any atom is -0.493 e. The lowest BCUT2D eigenvalue weighted by Crippen LogP contribution is -2.48. The Bertz CT molecular complexity index is 541. The number of carbonyl (C=O) groups excluding carboxylic acids is 1. The van der Waals surface area contributed by atoms with Gasteiger partial charge in [-0.1, -0.05) is 18.2 Å². The molecule has 0 saturated heterocycles. The molecule has 2 amide bonds. The van der Waals surface area contributed by atoms with E-state index in [1.807, 2.05) is 25.1 Å². The molecule has 0 spiro atoms. The smallest absolute Gasteiger partial charge is 0.315 e. The van der Waals surface area contributed by atoms with Gasteiger partial charge in [0.15, 0.2) is 0 Å². The second-order valence-corrected chi connectivity index (χ2v) is 6.76. The van der Waals surface area contributed by atoms with E-state index in [-0.39, 0.29) is 30.6 Å². The molecular weight excluding hydrogens is 292 g/mol. The van der Waals surface area contributed by atoms with Crippen LogP contribution in [0.4, 0.5) is 4.79 Å². The third kappa shape index (κ3) is 3.78. The first-order chi connectivity index (χ1) is 11.2. The summed E-state index contributed by atoms with van der Waals surface area (Å²) in [7, 11) is 0. The van der Waals surface area contributed by atoms with Crippen LogP contribution in [-0.4, -0.2) is 36.4 Å². The third-order valence-corrected chi connectivity index (χ3v) is 5.14. The van der Waals surface area contributed by atoms with Gasteiger partial charge in [0.2, 0.25) is 0 Å². The average molecular weight is 318 g/mol. The van der Waals surface area contributed by atoms with E-state index in [4.69, 9.17) is 9.84 Å². The van der Waals surface area contributed by atoms with Gasteiger partial charge in [-0.15, -0.1) is 0 Å². The van der Waals surface area contributed by atoms with Gasteiger partial charge in [0.05, 0.1) is 6.61 Å². The molecule has 1 saturated carbocycles. The van der Waals surface area contributed by atoms with Crippen LogP contribution in [0.2, 0.25) is 0 Å². The minimum absolute atomic E-state index is 0.0208. The quantitative estimate of drug-likeness (QED) is 0.798. The largest absolute Gasteiger partial charge is 0.493 e. The van der Waals surface area contributed by atoms with Crippen LogP contribution in [0.1, 0.15) is 44.1 Å². The lowest BCUT2D eigenvalue weighted by molar-refractivity contribution is 0.174. The summed E-state index contributed by atoms with van der Waals surface area (Å²) in [4.78, 5) is 12.2. The Morgan fingerprint density at radius 2 is 2.04 bits per heavy atom. The Kier molecular flexibility index (Phi) is 5.06. The predicted octanol–water partition coefficient (Wildman–Crippen LogP) is 2.40. The number of aliphatic hydroxyl groups is 1. The zero-order chi connectivity index (χ0) is 16.2. The van der Waals surface area contributed by atoms with Gasteiger partial charge in [-0.05, 0) is 44.6 Å². The van der Waals surface area contributed by atoms with Crippen molar-refractivity contribution in [3.8, 4) is 5.75 Å². The second kappa shape index (κ2) is 7.21. The molecule has 1 aliphatic carbocycles. The van der Waals surface area contributed by atoms with Crippen LogP contribution >= 0.6 is 0 Å². The van der Waals surface area contributed by atoms with Crippen molar-refractivity contribution in [2.24, 2.45) is 5.92 Å². The van der Waals surface area contributed by atoms with Gasteiger partial charge in [0.1, 0.15) is 5.75 Å². The Labute approximate surface area is 137 Å². The summed E-state index contributed by atoms with van der Waals surface area (Å²) in [5, 5.41) is 15.3.